The van der Waals surface area contributed by atoms with E-state index in [2.05, 4.69) is 10.2 Å². The second kappa shape index (κ2) is 2.59. The van der Waals surface area contributed by atoms with Crippen LogP contribution in [0, 0.1) is 0 Å². The molecular weight excluding hydrogens is 118 g/mol. The summed E-state index contributed by atoms with van der Waals surface area (Å²) in [5.74, 6) is 0. The summed E-state index contributed by atoms with van der Waals surface area (Å²) in [5, 5.41) is 16.3. The highest BCUT2D eigenvalue weighted by atomic mass is 16.3. The maximum Gasteiger partial charge on any atom is 0.0918 e. The second-order valence-corrected chi connectivity index (χ2v) is 1.88. The molecule has 50 valence electrons. The van der Waals surface area contributed by atoms with E-state index in [1.807, 2.05) is 6.92 Å². The van der Waals surface area contributed by atoms with Gasteiger partial charge in [0.1, 0.15) is 0 Å². The highest BCUT2D eigenvalue weighted by Crippen LogP contribution is 1.96. The van der Waals surface area contributed by atoms with Gasteiger partial charge in [0.25, 0.3) is 0 Å². The van der Waals surface area contributed by atoms with Crippen molar-refractivity contribution in [3.8, 4) is 0 Å². The van der Waals surface area contributed by atoms with E-state index in [0.29, 0.717) is 0 Å². The summed E-state index contributed by atoms with van der Waals surface area (Å²) in [7, 11) is 0. The third kappa shape index (κ3) is 1.26. The monoisotopic (exact) mass is 127 g/mol. The van der Waals surface area contributed by atoms with Crippen LogP contribution >= 0.6 is 0 Å². The zero-order chi connectivity index (χ0) is 6.69. The van der Waals surface area contributed by atoms with Crippen LogP contribution in [0.25, 0.3) is 0 Å². The van der Waals surface area contributed by atoms with Gasteiger partial charge >= 0.3 is 0 Å². The number of aromatic nitrogens is 3. The SMILES string of the molecule is CC(CO)n1nccn1. The first-order valence-electron chi connectivity index (χ1n) is 2.81. The van der Waals surface area contributed by atoms with Gasteiger partial charge in [-0.1, -0.05) is 0 Å². The molecule has 9 heavy (non-hydrogen) atoms. The smallest absolute Gasteiger partial charge is 0.0918 e. The van der Waals surface area contributed by atoms with Crippen molar-refractivity contribution >= 4 is 0 Å². The lowest BCUT2D eigenvalue weighted by atomic mass is 10.4. The first kappa shape index (κ1) is 6.22. The Morgan fingerprint density at radius 2 is 2.11 bits per heavy atom. The van der Waals surface area contributed by atoms with E-state index in [4.69, 9.17) is 5.11 Å². The summed E-state index contributed by atoms with van der Waals surface area (Å²) in [5.41, 5.74) is 0. The highest BCUT2D eigenvalue weighted by Gasteiger charge is 2.00. The van der Waals surface area contributed by atoms with E-state index in [9.17, 15) is 0 Å². The molecule has 0 spiro atoms. The van der Waals surface area contributed by atoms with Crippen LogP contribution in [0.15, 0.2) is 12.4 Å². The van der Waals surface area contributed by atoms with Crippen LogP contribution in [0.3, 0.4) is 0 Å². The minimum Gasteiger partial charge on any atom is -0.394 e. The molecule has 1 rings (SSSR count). The fourth-order valence-corrected chi connectivity index (χ4v) is 0.527. The highest BCUT2D eigenvalue weighted by molar-refractivity contribution is 4.63. The van der Waals surface area contributed by atoms with E-state index < -0.39 is 0 Å². The van der Waals surface area contributed by atoms with E-state index in [1.54, 1.807) is 12.4 Å². The van der Waals surface area contributed by atoms with Crippen molar-refractivity contribution in [3.63, 3.8) is 0 Å². The van der Waals surface area contributed by atoms with E-state index >= 15 is 0 Å². The Hall–Kier alpha value is -0.900. The molecule has 0 aliphatic rings. The van der Waals surface area contributed by atoms with Gasteiger partial charge in [0.2, 0.25) is 0 Å². The van der Waals surface area contributed by atoms with Crippen LogP contribution in [0.5, 0.6) is 0 Å². The molecule has 1 heterocycles. The van der Waals surface area contributed by atoms with Gasteiger partial charge in [-0.05, 0) is 6.92 Å². The van der Waals surface area contributed by atoms with E-state index in [-0.39, 0.29) is 12.6 Å². The summed E-state index contributed by atoms with van der Waals surface area (Å²) in [4.78, 5) is 1.47. The lowest BCUT2D eigenvalue weighted by molar-refractivity contribution is 0.218. The van der Waals surface area contributed by atoms with Crippen LogP contribution in [0.2, 0.25) is 0 Å². The van der Waals surface area contributed by atoms with Crippen molar-refractivity contribution in [2.24, 2.45) is 0 Å². The molecule has 0 radical (unpaired) electrons. The first-order valence-corrected chi connectivity index (χ1v) is 2.81. The van der Waals surface area contributed by atoms with E-state index in [1.165, 1.54) is 4.80 Å². The van der Waals surface area contributed by atoms with Gasteiger partial charge in [-0.3, -0.25) is 0 Å². The Morgan fingerprint density at radius 1 is 1.56 bits per heavy atom. The lowest BCUT2D eigenvalue weighted by Crippen LogP contribution is -2.11. The Bertz CT molecular complexity index is 161. The van der Waals surface area contributed by atoms with Gasteiger partial charge in [0.05, 0.1) is 25.0 Å². The van der Waals surface area contributed by atoms with Crippen molar-refractivity contribution in [3.05, 3.63) is 12.4 Å². The second-order valence-electron chi connectivity index (χ2n) is 1.88. The average Bonchev–Trinajstić information content (AvgIpc) is 2.37. The fourth-order valence-electron chi connectivity index (χ4n) is 0.527. The summed E-state index contributed by atoms with van der Waals surface area (Å²) in [6.45, 7) is 1.93. The molecule has 1 N–H and O–H groups in total. The lowest BCUT2D eigenvalue weighted by Gasteiger charge is -2.03. The van der Waals surface area contributed by atoms with Crippen molar-refractivity contribution < 1.29 is 5.11 Å². The summed E-state index contributed by atoms with van der Waals surface area (Å²) in [6, 6.07) is -0.0139. The minimum atomic E-state index is -0.0139. The van der Waals surface area contributed by atoms with Crippen LogP contribution in [0.1, 0.15) is 13.0 Å². The molecular formula is C5H9N3O. The van der Waals surface area contributed by atoms with Gasteiger partial charge in [0.15, 0.2) is 0 Å². The molecule has 0 saturated heterocycles. The Labute approximate surface area is 53.1 Å². The number of aliphatic hydroxyl groups excluding tert-OH is 1. The zero-order valence-corrected chi connectivity index (χ0v) is 5.23. The molecule has 4 heteroatoms. The molecule has 1 aromatic rings. The number of rotatable bonds is 2. The molecule has 1 unspecified atom stereocenters. The van der Waals surface area contributed by atoms with Crippen molar-refractivity contribution in [1.29, 1.82) is 0 Å². The molecule has 0 fully saturated rings. The van der Waals surface area contributed by atoms with Crippen molar-refractivity contribution in [1.82, 2.24) is 15.0 Å². The number of hydrogen-bond acceptors (Lipinski definition) is 3. The average molecular weight is 127 g/mol. The fraction of sp³-hybridized carbons (Fsp3) is 0.600. The van der Waals surface area contributed by atoms with Gasteiger partial charge in [0, 0.05) is 0 Å². The standard InChI is InChI=1S/C5H9N3O/c1-5(4-9)8-6-2-3-7-8/h2-3,5,9H,4H2,1H3. The van der Waals surface area contributed by atoms with Gasteiger partial charge in [-0.2, -0.15) is 15.0 Å². The quantitative estimate of drug-likeness (QED) is 0.600. The number of nitrogens with zero attached hydrogens (tertiary/aromatic N) is 3. The largest absolute Gasteiger partial charge is 0.394 e. The number of aliphatic hydroxyl groups is 1. The normalized spacial score (nSPS) is 13.6. The topological polar surface area (TPSA) is 50.9 Å². The third-order valence-corrected chi connectivity index (χ3v) is 1.10. The summed E-state index contributed by atoms with van der Waals surface area (Å²) >= 11 is 0. The molecule has 0 aliphatic carbocycles. The Morgan fingerprint density at radius 3 is 2.56 bits per heavy atom. The zero-order valence-electron chi connectivity index (χ0n) is 5.23. The Balaban J connectivity index is 2.65. The van der Waals surface area contributed by atoms with Crippen molar-refractivity contribution in [2.45, 2.75) is 13.0 Å². The molecule has 0 saturated carbocycles. The van der Waals surface area contributed by atoms with Crippen LogP contribution in [0.4, 0.5) is 0 Å². The van der Waals surface area contributed by atoms with Gasteiger partial charge < -0.3 is 5.11 Å². The molecule has 0 aliphatic heterocycles. The first-order chi connectivity index (χ1) is 4.34. The van der Waals surface area contributed by atoms with Gasteiger partial charge in [-0.25, -0.2) is 0 Å². The van der Waals surface area contributed by atoms with Crippen LogP contribution < -0.4 is 0 Å². The van der Waals surface area contributed by atoms with Crippen LogP contribution in [-0.2, 0) is 0 Å². The molecule has 0 aromatic carbocycles. The molecule has 0 bridgehead atoms. The van der Waals surface area contributed by atoms with Crippen molar-refractivity contribution in [2.75, 3.05) is 6.61 Å². The predicted octanol–water partition coefficient (Wildman–Crippen LogP) is -0.169. The predicted molar refractivity (Wildman–Crippen MR) is 31.8 cm³/mol. The maximum absolute atomic E-state index is 8.61. The molecule has 4 nitrogen and oxygen atoms in total. The summed E-state index contributed by atoms with van der Waals surface area (Å²) < 4.78 is 0. The van der Waals surface area contributed by atoms with Crippen LogP contribution in [-0.4, -0.2) is 26.7 Å². The molecule has 1 atom stereocenters. The molecule has 0 amide bonds. The summed E-state index contributed by atoms with van der Waals surface area (Å²) in [6.07, 6.45) is 3.18. The minimum absolute atomic E-state index is 0.0139. The third-order valence-electron chi connectivity index (χ3n) is 1.10. The molecule has 1 aromatic heterocycles. The van der Waals surface area contributed by atoms with Gasteiger partial charge in [-0.15, -0.1) is 0 Å². The van der Waals surface area contributed by atoms with E-state index in [0.717, 1.165) is 0 Å². The number of hydrogen-bond donors (Lipinski definition) is 1. The Kier molecular flexibility index (Phi) is 1.79. The maximum atomic E-state index is 8.61.